The molecule has 0 radical (unpaired) electrons. The number of benzene rings is 2. The highest BCUT2D eigenvalue weighted by Gasteiger charge is 2.12. The van der Waals surface area contributed by atoms with Crippen molar-refractivity contribution in [2.24, 2.45) is 0 Å². The smallest absolute Gasteiger partial charge is 0.256 e. The zero-order chi connectivity index (χ0) is 14.0. The Morgan fingerprint density at radius 3 is 2.42 bits per heavy atom. The first kappa shape index (κ1) is 14.1. The predicted octanol–water partition coefficient (Wildman–Crippen LogP) is 4.74. The Bertz CT molecular complexity index is 647. The maximum atomic E-state index is 13.1. The third kappa shape index (κ3) is 3.39. The Labute approximate surface area is 125 Å². The molecule has 2 aromatic carbocycles. The van der Waals surface area contributed by atoms with E-state index in [1.165, 1.54) is 30.3 Å². The Kier molecular flexibility index (Phi) is 4.31. The molecule has 0 aliphatic rings. The lowest BCUT2D eigenvalue weighted by Crippen LogP contribution is -2.13. The van der Waals surface area contributed by atoms with Gasteiger partial charge in [0, 0.05) is 10.2 Å². The van der Waals surface area contributed by atoms with E-state index in [2.05, 4.69) is 37.2 Å². The fourth-order valence-corrected chi connectivity index (χ4v) is 2.25. The quantitative estimate of drug-likeness (QED) is 0.788. The van der Waals surface area contributed by atoms with Crippen LogP contribution in [0.5, 0.6) is 0 Å². The maximum absolute atomic E-state index is 13.1. The first-order valence-corrected chi connectivity index (χ1v) is 6.77. The molecule has 1 N–H and O–H groups in total. The molecule has 0 aromatic heterocycles. The van der Waals surface area contributed by atoms with Crippen LogP contribution in [0.1, 0.15) is 10.4 Å². The number of rotatable bonds is 2. The van der Waals surface area contributed by atoms with Crippen LogP contribution in [0.15, 0.2) is 45.3 Å². The van der Waals surface area contributed by atoms with Crippen LogP contribution in [-0.2, 0) is 0 Å². The fraction of sp³-hybridized carbons (Fsp3) is 0. The first-order chi connectivity index (χ1) is 8.97. The number of hydrogen-bond acceptors (Lipinski definition) is 1. The molecule has 0 aliphatic heterocycles. The van der Waals surface area contributed by atoms with Gasteiger partial charge in [-0.15, -0.1) is 0 Å². The molecule has 0 spiro atoms. The zero-order valence-electron chi connectivity index (χ0n) is 9.38. The molecular formula is C13H7Br2F2NO. The summed E-state index contributed by atoms with van der Waals surface area (Å²) in [5.74, 6) is -1.41. The van der Waals surface area contributed by atoms with E-state index in [9.17, 15) is 13.6 Å². The lowest BCUT2D eigenvalue weighted by atomic mass is 10.2. The van der Waals surface area contributed by atoms with Crippen molar-refractivity contribution in [2.45, 2.75) is 0 Å². The molecule has 2 aromatic rings. The topological polar surface area (TPSA) is 29.1 Å². The van der Waals surface area contributed by atoms with Crippen LogP contribution in [-0.4, -0.2) is 5.91 Å². The summed E-state index contributed by atoms with van der Waals surface area (Å²) in [4.78, 5) is 12.0. The van der Waals surface area contributed by atoms with E-state index in [4.69, 9.17) is 0 Å². The van der Waals surface area contributed by atoms with E-state index < -0.39 is 17.5 Å². The molecular weight excluding hydrogens is 384 g/mol. The van der Waals surface area contributed by atoms with Crippen molar-refractivity contribution in [1.82, 2.24) is 0 Å². The molecule has 0 bridgehead atoms. The summed E-state index contributed by atoms with van der Waals surface area (Å²) in [5.41, 5.74) is 0.579. The highest BCUT2D eigenvalue weighted by molar-refractivity contribution is 9.10. The van der Waals surface area contributed by atoms with Gasteiger partial charge in [-0.05, 0) is 68.3 Å². The summed E-state index contributed by atoms with van der Waals surface area (Å²) >= 11 is 6.20. The molecule has 0 saturated carbocycles. The van der Waals surface area contributed by atoms with Crippen molar-refractivity contribution < 1.29 is 13.6 Å². The van der Waals surface area contributed by atoms with E-state index >= 15 is 0 Å². The second-order valence-electron chi connectivity index (χ2n) is 3.71. The lowest BCUT2D eigenvalue weighted by molar-refractivity contribution is 0.102. The monoisotopic (exact) mass is 389 g/mol. The summed E-state index contributed by atoms with van der Waals surface area (Å²) in [6, 6.07) is 7.89. The van der Waals surface area contributed by atoms with Crippen molar-refractivity contribution >= 4 is 43.5 Å². The summed E-state index contributed by atoms with van der Waals surface area (Å²) in [6.45, 7) is 0. The van der Waals surface area contributed by atoms with E-state index in [-0.39, 0.29) is 10.0 Å². The molecule has 6 heteroatoms. The minimum absolute atomic E-state index is 0.167. The minimum atomic E-state index is -0.506. The van der Waals surface area contributed by atoms with Gasteiger partial charge in [0.15, 0.2) is 0 Å². The number of nitrogens with one attached hydrogen (secondary N) is 1. The van der Waals surface area contributed by atoms with Gasteiger partial charge in [-0.3, -0.25) is 4.79 Å². The van der Waals surface area contributed by atoms with Crippen LogP contribution in [0.25, 0.3) is 0 Å². The van der Waals surface area contributed by atoms with Crippen molar-refractivity contribution in [3.8, 4) is 0 Å². The number of anilines is 1. The number of hydrogen-bond donors (Lipinski definition) is 1. The normalized spacial score (nSPS) is 10.3. The van der Waals surface area contributed by atoms with Gasteiger partial charge in [-0.25, -0.2) is 8.78 Å². The summed E-state index contributed by atoms with van der Waals surface area (Å²) in [6.07, 6.45) is 0. The van der Waals surface area contributed by atoms with Crippen LogP contribution < -0.4 is 5.32 Å². The van der Waals surface area contributed by atoms with Crippen molar-refractivity contribution in [3.05, 3.63) is 62.5 Å². The Morgan fingerprint density at radius 1 is 1.00 bits per heavy atom. The van der Waals surface area contributed by atoms with Gasteiger partial charge >= 0.3 is 0 Å². The third-order valence-electron chi connectivity index (χ3n) is 2.35. The van der Waals surface area contributed by atoms with Crippen molar-refractivity contribution in [3.63, 3.8) is 0 Å². The largest absolute Gasteiger partial charge is 0.322 e. The lowest BCUT2D eigenvalue weighted by Gasteiger charge is -2.07. The van der Waals surface area contributed by atoms with Crippen LogP contribution in [0.4, 0.5) is 14.5 Å². The van der Waals surface area contributed by atoms with Crippen LogP contribution in [0.3, 0.4) is 0 Å². The van der Waals surface area contributed by atoms with E-state index in [0.717, 1.165) is 6.07 Å². The highest BCUT2D eigenvalue weighted by atomic mass is 79.9. The fourth-order valence-electron chi connectivity index (χ4n) is 1.44. The Balaban J connectivity index is 2.25. The predicted molar refractivity (Wildman–Crippen MR) is 76.2 cm³/mol. The molecule has 0 fully saturated rings. The van der Waals surface area contributed by atoms with Gasteiger partial charge in [0.05, 0.1) is 10.0 Å². The molecule has 0 saturated heterocycles. The van der Waals surface area contributed by atoms with Gasteiger partial charge in [-0.1, -0.05) is 0 Å². The molecule has 98 valence electrons. The average Bonchev–Trinajstić information content (AvgIpc) is 2.36. The Morgan fingerprint density at radius 2 is 1.74 bits per heavy atom. The molecule has 0 unspecified atom stereocenters. The minimum Gasteiger partial charge on any atom is -0.322 e. The van der Waals surface area contributed by atoms with Crippen molar-refractivity contribution in [2.75, 3.05) is 5.32 Å². The summed E-state index contributed by atoms with van der Waals surface area (Å²) < 4.78 is 26.9. The van der Waals surface area contributed by atoms with E-state index in [1.54, 1.807) is 0 Å². The zero-order valence-corrected chi connectivity index (χ0v) is 12.6. The van der Waals surface area contributed by atoms with Crippen LogP contribution in [0, 0.1) is 11.6 Å². The molecule has 19 heavy (non-hydrogen) atoms. The van der Waals surface area contributed by atoms with E-state index in [0.29, 0.717) is 10.2 Å². The first-order valence-electron chi connectivity index (χ1n) is 5.19. The molecule has 0 atom stereocenters. The number of carbonyl (C=O) groups is 1. The van der Waals surface area contributed by atoms with Gasteiger partial charge in [0.25, 0.3) is 5.91 Å². The number of halogens is 4. The molecule has 1 amide bonds. The second kappa shape index (κ2) is 5.79. The van der Waals surface area contributed by atoms with Gasteiger partial charge in [-0.2, -0.15) is 0 Å². The van der Waals surface area contributed by atoms with Gasteiger partial charge in [0.1, 0.15) is 11.6 Å². The second-order valence-corrected chi connectivity index (χ2v) is 5.42. The maximum Gasteiger partial charge on any atom is 0.256 e. The number of carbonyl (C=O) groups excluding carboxylic acids is 1. The Hall–Kier alpha value is -1.27. The summed E-state index contributed by atoms with van der Waals surface area (Å²) in [7, 11) is 0. The molecule has 0 heterocycles. The van der Waals surface area contributed by atoms with Gasteiger partial charge < -0.3 is 5.32 Å². The molecule has 2 rings (SSSR count). The molecule has 2 nitrogen and oxygen atoms in total. The third-order valence-corrected chi connectivity index (χ3v) is 3.65. The number of amides is 1. The van der Waals surface area contributed by atoms with E-state index in [1.807, 2.05) is 0 Å². The van der Waals surface area contributed by atoms with Crippen LogP contribution >= 0.6 is 31.9 Å². The van der Waals surface area contributed by atoms with Crippen molar-refractivity contribution in [1.29, 1.82) is 0 Å². The van der Waals surface area contributed by atoms with Crippen LogP contribution in [0.2, 0.25) is 0 Å². The standard InChI is InChI=1S/C13H7Br2F2NO/c14-10-3-1-7(16)5-9(10)13(19)18-8-2-4-12(17)11(15)6-8/h1-6H,(H,18,19). The van der Waals surface area contributed by atoms with Gasteiger partial charge in [0.2, 0.25) is 0 Å². The highest BCUT2D eigenvalue weighted by Crippen LogP contribution is 2.22. The average molecular weight is 391 g/mol. The molecule has 0 aliphatic carbocycles. The SMILES string of the molecule is O=C(Nc1ccc(F)c(Br)c1)c1cc(F)ccc1Br. The summed E-state index contributed by atoms with van der Waals surface area (Å²) in [5, 5.41) is 2.56.